The third kappa shape index (κ3) is 4.13. The van der Waals surface area contributed by atoms with E-state index in [9.17, 15) is 9.59 Å². The van der Waals surface area contributed by atoms with Crippen molar-refractivity contribution in [3.05, 3.63) is 17.3 Å². The lowest BCUT2D eigenvalue weighted by Gasteiger charge is -2.14. The van der Waals surface area contributed by atoms with Crippen molar-refractivity contribution in [3.63, 3.8) is 0 Å². The van der Waals surface area contributed by atoms with E-state index >= 15 is 0 Å². The van der Waals surface area contributed by atoms with Crippen LogP contribution in [0, 0.1) is 0 Å². The SMILES string of the molecule is O=C1C/C(=C\c2cnn3c(NC4CC4)nc(NCCCN4CCCC4)nc23)C(=O)N1. The van der Waals surface area contributed by atoms with Gasteiger partial charge in [-0.3, -0.25) is 14.9 Å². The summed E-state index contributed by atoms with van der Waals surface area (Å²) in [5.41, 5.74) is 1.72. The number of amides is 2. The van der Waals surface area contributed by atoms with Crippen LogP contribution < -0.4 is 16.0 Å². The largest absolute Gasteiger partial charge is 0.354 e. The van der Waals surface area contributed by atoms with Gasteiger partial charge in [-0.1, -0.05) is 0 Å². The summed E-state index contributed by atoms with van der Waals surface area (Å²) >= 11 is 0. The van der Waals surface area contributed by atoms with Crippen LogP contribution in [0.4, 0.5) is 11.9 Å². The Morgan fingerprint density at radius 3 is 2.77 bits per heavy atom. The lowest BCUT2D eigenvalue weighted by atomic mass is 10.1. The van der Waals surface area contributed by atoms with Crippen molar-refractivity contribution >= 4 is 35.4 Å². The molecule has 30 heavy (non-hydrogen) atoms. The molecule has 2 aliphatic heterocycles. The number of nitrogens with zero attached hydrogens (tertiary/aromatic N) is 5. The molecule has 3 N–H and O–H groups in total. The lowest BCUT2D eigenvalue weighted by Crippen LogP contribution is -2.22. The first kappa shape index (κ1) is 19.0. The number of anilines is 2. The maximum absolute atomic E-state index is 11.9. The van der Waals surface area contributed by atoms with Crippen molar-refractivity contribution in [3.8, 4) is 0 Å². The van der Waals surface area contributed by atoms with Crippen LogP contribution in [0.25, 0.3) is 11.7 Å². The van der Waals surface area contributed by atoms with Gasteiger partial charge in [0.05, 0.1) is 12.6 Å². The Kier molecular flexibility index (Phi) is 5.07. The van der Waals surface area contributed by atoms with E-state index in [1.165, 1.54) is 25.9 Å². The minimum atomic E-state index is -0.356. The quantitative estimate of drug-likeness (QED) is 0.336. The second kappa shape index (κ2) is 8.02. The van der Waals surface area contributed by atoms with Gasteiger partial charge in [0.1, 0.15) is 0 Å². The topological polar surface area (TPSA) is 117 Å². The Labute approximate surface area is 174 Å². The van der Waals surface area contributed by atoms with Crippen LogP contribution in [0.2, 0.25) is 0 Å². The van der Waals surface area contributed by atoms with E-state index in [0.29, 0.717) is 34.7 Å². The molecule has 0 spiro atoms. The predicted octanol–water partition coefficient (Wildman–Crippen LogP) is 1.03. The van der Waals surface area contributed by atoms with Gasteiger partial charge in [0, 0.05) is 23.7 Å². The van der Waals surface area contributed by atoms with Crippen molar-refractivity contribution in [2.24, 2.45) is 0 Å². The Bertz CT molecular complexity index is 1000. The Balaban J connectivity index is 1.37. The molecule has 4 heterocycles. The first-order valence-corrected chi connectivity index (χ1v) is 10.7. The second-order valence-corrected chi connectivity index (χ2v) is 8.18. The van der Waals surface area contributed by atoms with Gasteiger partial charge in [-0.05, 0) is 57.8 Å². The van der Waals surface area contributed by atoms with Crippen LogP contribution >= 0.6 is 0 Å². The van der Waals surface area contributed by atoms with Gasteiger partial charge < -0.3 is 15.5 Å². The third-order valence-electron chi connectivity index (χ3n) is 5.66. The van der Waals surface area contributed by atoms with E-state index in [2.05, 4.69) is 35.9 Å². The zero-order valence-electron chi connectivity index (χ0n) is 16.9. The molecule has 0 atom stereocenters. The van der Waals surface area contributed by atoms with Crippen LogP contribution in [0.1, 0.15) is 44.1 Å². The molecule has 0 bridgehead atoms. The maximum atomic E-state index is 11.9. The normalized spacial score (nSPS) is 21.0. The highest BCUT2D eigenvalue weighted by Crippen LogP contribution is 2.26. The van der Waals surface area contributed by atoms with Gasteiger partial charge in [0.25, 0.3) is 5.91 Å². The number of hydrogen-bond acceptors (Lipinski definition) is 8. The number of rotatable bonds is 8. The van der Waals surface area contributed by atoms with Gasteiger partial charge in [-0.15, -0.1) is 0 Å². The van der Waals surface area contributed by atoms with Crippen LogP contribution in [0.5, 0.6) is 0 Å². The Morgan fingerprint density at radius 2 is 2.03 bits per heavy atom. The minimum Gasteiger partial charge on any atom is -0.354 e. The molecule has 2 aromatic heterocycles. The molecule has 10 nitrogen and oxygen atoms in total. The molecule has 0 radical (unpaired) electrons. The Morgan fingerprint density at radius 1 is 1.20 bits per heavy atom. The molecule has 1 saturated carbocycles. The molecule has 10 heteroatoms. The number of carbonyl (C=O) groups is 2. The van der Waals surface area contributed by atoms with Crippen molar-refractivity contribution in [1.29, 1.82) is 0 Å². The Hall–Kier alpha value is -3.01. The molecule has 2 amide bonds. The zero-order valence-corrected chi connectivity index (χ0v) is 16.9. The van der Waals surface area contributed by atoms with Crippen LogP contribution in [0.3, 0.4) is 0 Å². The molecule has 1 aliphatic carbocycles. The van der Waals surface area contributed by atoms with E-state index in [1.807, 2.05) is 0 Å². The molecule has 158 valence electrons. The van der Waals surface area contributed by atoms with Crippen LogP contribution in [-0.4, -0.2) is 68.5 Å². The first-order chi connectivity index (χ1) is 14.7. The average Bonchev–Trinajstić information content (AvgIpc) is 3.10. The summed E-state index contributed by atoms with van der Waals surface area (Å²) in [5.74, 6) is 0.541. The molecular weight excluding hydrogens is 384 g/mol. The third-order valence-corrected chi connectivity index (χ3v) is 5.66. The number of hydrogen-bond donors (Lipinski definition) is 3. The first-order valence-electron chi connectivity index (χ1n) is 10.7. The maximum Gasteiger partial charge on any atom is 0.254 e. The van der Waals surface area contributed by atoms with Crippen molar-refractivity contribution in [2.45, 2.75) is 44.6 Å². The molecule has 3 fully saturated rings. The highest BCUT2D eigenvalue weighted by molar-refractivity contribution is 6.15. The molecular formula is C20H26N8O2. The summed E-state index contributed by atoms with van der Waals surface area (Å²) in [7, 11) is 0. The lowest BCUT2D eigenvalue weighted by molar-refractivity contribution is -0.124. The number of aromatic nitrogens is 4. The minimum absolute atomic E-state index is 0.0794. The van der Waals surface area contributed by atoms with Crippen molar-refractivity contribution in [1.82, 2.24) is 29.8 Å². The van der Waals surface area contributed by atoms with Crippen molar-refractivity contribution in [2.75, 3.05) is 36.8 Å². The number of nitrogens with one attached hydrogen (secondary N) is 3. The van der Waals surface area contributed by atoms with Gasteiger partial charge in [-0.25, -0.2) is 0 Å². The van der Waals surface area contributed by atoms with Crippen molar-refractivity contribution < 1.29 is 9.59 Å². The van der Waals surface area contributed by atoms with Gasteiger partial charge >= 0.3 is 0 Å². The fraction of sp³-hybridized carbons (Fsp3) is 0.550. The smallest absolute Gasteiger partial charge is 0.254 e. The number of fused-ring (bicyclic) bond motifs is 1. The fourth-order valence-corrected chi connectivity index (χ4v) is 3.90. The van der Waals surface area contributed by atoms with E-state index < -0.39 is 0 Å². The molecule has 0 unspecified atom stereocenters. The number of carbonyl (C=O) groups excluding carboxylic acids is 2. The monoisotopic (exact) mass is 410 g/mol. The zero-order chi connectivity index (χ0) is 20.5. The van der Waals surface area contributed by atoms with Crippen LogP contribution in [0.15, 0.2) is 11.8 Å². The molecule has 0 aromatic carbocycles. The summed E-state index contributed by atoms with van der Waals surface area (Å²) in [4.78, 5) is 35.2. The van der Waals surface area contributed by atoms with E-state index in [0.717, 1.165) is 32.4 Å². The van der Waals surface area contributed by atoms with Crippen LogP contribution in [-0.2, 0) is 9.59 Å². The second-order valence-electron chi connectivity index (χ2n) is 8.18. The van der Waals surface area contributed by atoms with E-state index in [1.54, 1.807) is 16.8 Å². The number of likely N-dealkylation sites (tertiary alicyclic amines) is 1. The highest BCUT2D eigenvalue weighted by Gasteiger charge is 2.26. The molecule has 3 aliphatic rings. The summed E-state index contributed by atoms with van der Waals surface area (Å²) in [6.45, 7) is 4.26. The van der Waals surface area contributed by atoms with E-state index in [-0.39, 0.29) is 18.2 Å². The summed E-state index contributed by atoms with van der Waals surface area (Å²) in [6.07, 6.45) is 9.28. The van der Waals surface area contributed by atoms with Gasteiger partial charge in [0.15, 0.2) is 5.65 Å². The standard InChI is InChI=1S/C20H26N8O2/c29-16-11-13(18(30)24-16)10-14-12-22-28-17(14)25-19(26-20(28)23-15-4-5-15)21-6-3-9-27-7-1-2-8-27/h10,12,15H,1-9,11H2,(H,24,29,30)(H2,21,23,25,26)/b13-10+. The van der Waals surface area contributed by atoms with Gasteiger partial charge in [0.2, 0.25) is 17.8 Å². The van der Waals surface area contributed by atoms with Gasteiger partial charge in [-0.2, -0.15) is 19.6 Å². The number of imide groups is 1. The molecule has 5 rings (SSSR count). The highest BCUT2D eigenvalue weighted by atomic mass is 16.2. The summed E-state index contributed by atoms with van der Waals surface area (Å²) < 4.78 is 1.66. The molecule has 2 aromatic rings. The molecule has 2 saturated heterocycles. The average molecular weight is 410 g/mol. The summed E-state index contributed by atoms with van der Waals surface area (Å²) in [6, 6.07) is 0.412. The predicted molar refractivity (Wildman–Crippen MR) is 112 cm³/mol. The fourth-order valence-electron chi connectivity index (χ4n) is 3.90. The van der Waals surface area contributed by atoms with E-state index in [4.69, 9.17) is 0 Å². The summed E-state index contributed by atoms with van der Waals surface area (Å²) in [5, 5.41) is 13.5.